The highest BCUT2D eigenvalue weighted by Gasteiger charge is 2.02. The first kappa shape index (κ1) is 9.54. The van der Waals surface area contributed by atoms with Gasteiger partial charge in [-0.1, -0.05) is 18.2 Å². The Balaban J connectivity index is 2.69. The fourth-order valence-corrected chi connectivity index (χ4v) is 0.924. The van der Waals surface area contributed by atoms with Gasteiger partial charge in [-0.05, 0) is 6.07 Å². The molecule has 0 unspecified atom stereocenters. The molecule has 4 nitrogen and oxygen atoms in total. The van der Waals surface area contributed by atoms with Gasteiger partial charge < -0.3 is 15.6 Å². The first-order valence-corrected chi connectivity index (χ1v) is 3.84. The molecule has 0 saturated heterocycles. The Morgan fingerprint density at radius 3 is 2.77 bits per heavy atom. The summed E-state index contributed by atoms with van der Waals surface area (Å²) in [7, 11) is 0. The lowest BCUT2D eigenvalue weighted by atomic mass is 10.2. The molecule has 70 valence electrons. The maximum atomic E-state index is 10.4. The minimum absolute atomic E-state index is 0.116. The van der Waals surface area contributed by atoms with Crippen LogP contribution in [0.2, 0.25) is 0 Å². The van der Waals surface area contributed by atoms with Crippen LogP contribution >= 0.6 is 0 Å². The lowest BCUT2D eigenvalue weighted by molar-refractivity contribution is -0.119. The molecule has 0 atom stereocenters. The zero-order valence-corrected chi connectivity index (χ0v) is 7.06. The molecule has 0 saturated carbocycles. The number of primary amides is 1. The third-order valence-corrected chi connectivity index (χ3v) is 1.51. The van der Waals surface area contributed by atoms with Crippen molar-refractivity contribution in [2.24, 2.45) is 5.73 Å². The molecule has 0 radical (unpaired) electrons. The Labute approximate surface area is 75.9 Å². The molecule has 0 aliphatic rings. The monoisotopic (exact) mass is 181 g/mol. The fraction of sp³-hybridized carbons (Fsp3) is 0.222. The highest BCUT2D eigenvalue weighted by molar-refractivity contribution is 5.75. The van der Waals surface area contributed by atoms with E-state index in [4.69, 9.17) is 15.6 Å². The van der Waals surface area contributed by atoms with Crippen molar-refractivity contribution in [3.8, 4) is 5.75 Å². The summed E-state index contributed by atoms with van der Waals surface area (Å²) in [5, 5.41) is 8.89. The van der Waals surface area contributed by atoms with E-state index in [1.54, 1.807) is 24.3 Å². The molecular weight excluding hydrogens is 170 g/mol. The molecule has 0 fully saturated rings. The SMILES string of the molecule is NC(=O)COc1ccccc1CO. The van der Waals surface area contributed by atoms with Gasteiger partial charge >= 0.3 is 0 Å². The highest BCUT2D eigenvalue weighted by Crippen LogP contribution is 2.17. The molecule has 0 aromatic heterocycles. The standard InChI is InChI=1S/C9H11NO3/c10-9(12)6-13-8-4-2-1-3-7(8)5-11/h1-4,11H,5-6H2,(H2,10,12). The molecule has 0 bridgehead atoms. The Kier molecular flexibility index (Phi) is 3.28. The van der Waals surface area contributed by atoms with Crippen LogP contribution in [0, 0.1) is 0 Å². The minimum Gasteiger partial charge on any atom is -0.483 e. The van der Waals surface area contributed by atoms with Crippen LogP contribution in [-0.2, 0) is 11.4 Å². The van der Waals surface area contributed by atoms with Crippen LogP contribution in [0.1, 0.15) is 5.56 Å². The second-order valence-electron chi connectivity index (χ2n) is 2.52. The number of hydrogen-bond donors (Lipinski definition) is 2. The first-order valence-electron chi connectivity index (χ1n) is 3.84. The van der Waals surface area contributed by atoms with Gasteiger partial charge in [0.15, 0.2) is 6.61 Å². The van der Waals surface area contributed by atoms with Gasteiger partial charge in [0.05, 0.1) is 6.61 Å². The largest absolute Gasteiger partial charge is 0.483 e. The number of para-hydroxylation sites is 1. The maximum Gasteiger partial charge on any atom is 0.255 e. The molecule has 0 aliphatic carbocycles. The third kappa shape index (κ3) is 2.76. The van der Waals surface area contributed by atoms with Crippen molar-refractivity contribution in [1.82, 2.24) is 0 Å². The smallest absolute Gasteiger partial charge is 0.255 e. The van der Waals surface area contributed by atoms with Gasteiger partial charge in [0.2, 0.25) is 0 Å². The second-order valence-corrected chi connectivity index (χ2v) is 2.52. The average Bonchev–Trinajstić information content (AvgIpc) is 2.15. The predicted molar refractivity (Wildman–Crippen MR) is 47.1 cm³/mol. The Morgan fingerprint density at radius 1 is 1.46 bits per heavy atom. The molecule has 0 spiro atoms. The van der Waals surface area contributed by atoms with Crippen LogP contribution < -0.4 is 10.5 Å². The number of hydrogen-bond acceptors (Lipinski definition) is 3. The van der Waals surface area contributed by atoms with Gasteiger partial charge in [-0.25, -0.2) is 0 Å². The quantitative estimate of drug-likeness (QED) is 0.689. The van der Waals surface area contributed by atoms with E-state index in [2.05, 4.69) is 0 Å². The number of aliphatic hydroxyl groups is 1. The van der Waals surface area contributed by atoms with Crippen molar-refractivity contribution in [2.75, 3.05) is 6.61 Å². The van der Waals surface area contributed by atoms with Crippen molar-refractivity contribution in [2.45, 2.75) is 6.61 Å². The van der Waals surface area contributed by atoms with Gasteiger partial charge in [0.25, 0.3) is 5.91 Å². The van der Waals surface area contributed by atoms with Crippen molar-refractivity contribution in [1.29, 1.82) is 0 Å². The Bertz CT molecular complexity index is 299. The van der Waals surface area contributed by atoms with Crippen LogP contribution in [0.15, 0.2) is 24.3 Å². The topological polar surface area (TPSA) is 72.6 Å². The number of carbonyl (C=O) groups is 1. The lowest BCUT2D eigenvalue weighted by Crippen LogP contribution is -2.20. The van der Waals surface area contributed by atoms with Crippen molar-refractivity contribution < 1.29 is 14.6 Å². The van der Waals surface area contributed by atoms with E-state index in [1.165, 1.54) is 0 Å². The Hall–Kier alpha value is -1.55. The van der Waals surface area contributed by atoms with Gasteiger partial charge in [-0.2, -0.15) is 0 Å². The summed E-state index contributed by atoms with van der Waals surface area (Å²) >= 11 is 0. The molecular formula is C9H11NO3. The molecule has 13 heavy (non-hydrogen) atoms. The van der Waals surface area contributed by atoms with Crippen LogP contribution in [-0.4, -0.2) is 17.6 Å². The number of benzene rings is 1. The summed E-state index contributed by atoms with van der Waals surface area (Å²) in [5.41, 5.74) is 5.55. The minimum atomic E-state index is -0.534. The number of nitrogens with two attached hydrogens (primary N) is 1. The molecule has 4 heteroatoms. The zero-order valence-electron chi connectivity index (χ0n) is 7.06. The molecule has 0 aliphatic heterocycles. The summed E-state index contributed by atoms with van der Waals surface area (Å²) in [6.45, 7) is -0.286. The van der Waals surface area contributed by atoms with E-state index in [0.717, 1.165) is 0 Å². The van der Waals surface area contributed by atoms with E-state index in [1.807, 2.05) is 0 Å². The summed E-state index contributed by atoms with van der Waals surface area (Å²) in [6, 6.07) is 6.93. The first-order chi connectivity index (χ1) is 6.24. The van der Waals surface area contributed by atoms with Gasteiger partial charge in [0, 0.05) is 5.56 Å². The zero-order chi connectivity index (χ0) is 9.68. The molecule has 1 aromatic carbocycles. The molecule has 1 aromatic rings. The average molecular weight is 181 g/mol. The Morgan fingerprint density at radius 2 is 2.15 bits per heavy atom. The number of aliphatic hydroxyl groups excluding tert-OH is 1. The lowest BCUT2D eigenvalue weighted by Gasteiger charge is -2.07. The van der Waals surface area contributed by atoms with E-state index in [9.17, 15) is 4.79 Å². The summed E-state index contributed by atoms with van der Waals surface area (Å²) in [5.74, 6) is -0.0449. The number of carbonyl (C=O) groups excluding carboxylic acids is 1. The highest BCUT2D eigenvalue weighted by atomic mass is 16.5. The van der Waals surface area contributed by atoms with Crippen molar-refractivity contribution in [3.63, 3.8) is 0 Å². The van der Waals surface area contributed by atoms with Crippen LogP contribution in [0.3, 0.4) is 0 Å². The van der Waals surface area contributed by atoms with E-state index < -0.39 is 5.91 Å². The maximum absolute atomic E-state index is 10.4. The summed E-state index contributed by atoms with van der Waals surface area (Å²) in [6.07, 6.45) is 0. The second kappa shape index (κ2) is 4.47. The van der Waals surface area contributed by atoms with Crippen molar-refractivity contribution in [3.05, 3.63) is 29.8 Å². The normalized spacial score (nSPS) is 9.62. The molecule has 0 heterocycles. The van der Waals surface area contributed by atoms with E-state index in [-0.39, 0.29) is 13.2 Å². The van der Waals surface area contributed by atoms with Crippen LogP contribution in [0.5, 0.6) is 5.75 Å². The van der Waals surface area contributed by atoms with Crippen LogP contribution in [0.25, 0.3) is 0 Å². The van der Waals surface area contributed by atoms with Gasteiger partial charge in [-0.3, -0.25) is 4.79 Å². The van der Waals surface area contributed by atoms with Crippen LogP contribution in [0.4, 0.5) is 0 Å². The number of ether oxygens (including phenoxy) is 1. The van der Waals surface area contributed by atoms with E-state index in [0.29, 0.717) is 11.3 Å². The fourth-order valence-electron chi connectivity index (χ4n) is 0.924. The van der Waals surface area contributed by atoms with Crippen molar-refractivity contribution >= 4 is 5.91 Å². The number of amides is 1. The molecule has 1 rings (SSSR count). The van der Waals surface area contributed by atoms with Gasteiger partial charge in [-0.15, -0.1) is 0 Å². The summed E-state index contributed by atoms with van der Waals surface area (Å²) < 4.78 is 5.05. The molecule has 3 N–H and O–H groups in total. The predicted octanol–water partition coefficient (Wildman–Crippen LogP) is 0.0430. The van der Waals surface area contributed by atoms with Gasteiger partial charge in [0.1, 0.15) is 5.75 Å². The third-order valence-electron chi connectivity index (χ3n) is 1.51. The molecule has 1 amide bonds. The van der Waals surface area contributed by atoms with E-state index >= 15 is 0 Å². The summed E-state index contributed by atoms with van der Waals surface area (Å²) in [4.78, 5) is 10.4. The number of rotatable bonds is 4.